The number of nitrogens with one attached hydrogen (secondary N) is 1. The van der Waals surface area contributed by atoms with E-state index < -0.39 is 15.0 Å². The van der Waals surface area contributed by atoms with E-state index in [1.54, 1.807) is 0 Å². The fourth-order valence-corrected chi connectivity index (χ4v) is 1.46. The Hall–Kier alpha value is -0.580. The Labute approximate surface area is 67.2 Å². The molecule has 0 aliphatic carbocycles. The van der Waals surface area contributed by atoms with Gasteiger partial charge < -0.3 is 5.73 Å². The zero-order chi connectivity index (χ0) is 8.91. The van der Waals surface area contributed by atoms with E-state index in [0.29, 0.717) is 6.42 Å². The van der Waals surface area contributed by atoms with Gasteiger partial charge in [0.1, 0.15) is 0 Å². The number of hydrogen-bond donors (Lipinski definition) is 2. The molecule has 0 aromatic rings. The first-order chi connectivity index (χ1) is 5.00. The molecule has 0 amide bonds. The maximum Gasteiger partial charge on any atom is 0.210 e. The van der Waals surface area contributed by atoms with Gasteiger partial charge in [-0.1, -0.05) is 19.8 Å². The van der Waals surface area contributed by atoms with Crippen molar-refractivity contribution in [2.24, 2.45) is 5.73 Å². The Morgan fingerprint density at radius 1 is 1.45 bits per heavy atom. The average molecular weight is 178 g/mol. The summed E-state index contributed by atoms with van der Waals surface area (Å²) in [5.41, 5.74) is 4.85. The Morgan fingerprint density at radius 3 is 2.36 bits per heavy atom. The molecule has 4 nitrogen and oxygen atoms in total. The first-order valence-corrected chi connectivity index (χ1v) is 5.22. The zero-order valence-corrected chi connectivity index (χ0v) is 7.45. The Bertz CT molecular complexity index is 221. The van der Waals surface area contributed by atoms with Crippen LogP contribution < -0.4 is 5.73 Å². The summed E-state index contributed by atoms with van der Waals surface area (Å²) in [6, 6.07) is 0. The third-order valence-corrected chi connectivity index (χ3v) is 2.85. The predicted octanol–water partition coefficient (Wildman–Crippen LogP) is 0.485. The third-order valence-electron chi connectivity index (χ3n) is 1.35. The fraction of sp³-hybridized carbons (Fsp3) is 0.833. The molecular weight excluding hydrogens is 164 g/mol. The van der Waals surface area contributed by atoms with Gasteiger partial charge in [0.15, 0.2) is 0 Å². The molecule has 0 rings (SSSR count). The molecule has 0 radical (unpaired) electrons. The second-order valence-corrected chi connectivity index (χ2v) is 4.47. The first-order valence-electron chi connectivity index (χ1n) is 3.57. The Balaban J connectivity index is 3.85. The van der Waals surface area contributed by atoms with Crippen molar-refractivity contribution in [3.8, 4) is 0 Å². The molecule has 0 saturated heterocycles. The molecule has 0 aliphatic heterocycles. The summed E-state index contributed by atoms with van der Waals surface area (Å²) in [4.78, 5) is 0. The second-order valence-electron chi connectivity index (χ2n) is 2.39. The molecule has 3 N–H and O–H groups in total. The van der Waals surface area contributed by atoms with Crippen LogP contribution >= 0.6 is 0 Å². The van der Waals surface area contributed by atoms with Gasteiger partial charge >= 0.3 is 0 Å². The van der Waals surface area contributed by atoms with E-state index in [1.165, 1.54) is 0 Å². The van der Waals surface area contributed by atoms with Crippen LogP contribution in [0.4, 0.5) is 0 Å². The number of amidine groups is 1. The summed E-state index contributed by atoms with van der Waals surface area (Å²) >= 11 is 0. The van der Waals surface area contributed by atoms with E-state index in [-0.39, 0.29) is 5.75 Å². The minimum Gasteiger partial charge on any atom is -0.375 e. The number of unbranched alkanes of at least 4 members (excludes halogenated alkanes) is 2. The average Bonchev–Trinajstić information content (AvgIpc) is 1.88. The summed E-state index contributed by atoms with van der Waals surface area (Å²) in [5, 5.41) is 6.01. The van der Waals surface area contributed by atoms with Crippen molar-refractivity contribution in [2.45, 2.75) is 26.2 Å². The van der Waals surface area contributed by atoms with E-state index >= 15 is 0 Å². The van der Waals surface area contributed by atoms with Gasteiger partial charge in [-0.05, 0) is 6.42 Å². The highest BCUT2D eigenvalue weighted by molar-refractivity contribution is 8.06. The lowest BCUT2D eigenvalue weighted by molar-refractivity contribution is 0.601. The van der Waals surface area contributed by atoms with Crippen LogP contribution in [0.5, 0.6) is 0 Å². The van der Waals surface area contributed by atoms with Crippen LogP contribution in [0.2, 0.25) is 0 Å². The number of sulfone groups is 1. The third kappa shape index (κ3) is 3.98. The summed E-state index contributed by atoms with van der Waals surface area (Å²) in [5.74, 6) is 0.0101. The maximum absolute atomic E-state index is 10.9. The van der Waals surface area contributed by atoms with E-state index in [2.05, 4.69) is 0 Å². The van der Waals surface area contributed by atoms with Crippen LogP contribution in [0.1, 0.15) is 26.2 Å². The van der Waals surface area contributed by atoms with Gasteiger partial charge in [0, 0.05) is 0 Å². The van der Waals surface area contributed by atoms with Crippen molar-refractivity contribution in [3.63, 3.8) is 0 Å². The molecule has 0 bridgehead atoms. The molecule has 66 valence electrons. The topological polar surface area (TPSA) is 84.0 Å². The van der Waals surface area contributed by atoms with Gasteiger partial charge in [0.05, 0.1) is 5.75 Å². The van der Waals surface area contributed by atoms with Gasteiger partial charge in [-0.3, -0.25) is 5.41 Å². The van der Waals surface area contributed by atoms with Crippen molar-refractivity contribution in [2.75, 3.05) is 5.75 Å². The van der Waals surface area contributed by atoms with Crippen molar-refractivity contribution < 1.29 is 8.42 Å². The van der Waals surface area contributed by atoms with E-state index in [4.69, 9.17) is 11.1 Å². The van der Waals surface area contributed by atoms with E-state index in [1.807, 2.05) is 6.92 Å². The predicted molar refractivity (Wildman–Crippen MR) is 45.2 cm³/mol. The number of hydrogen-bond acceptors (Lipinski definition) is 3. The molecule has 0 heterocycles. The lowest BCUT2D eigenvalue weighted by atomic mass is 10.3. The van der Waals surface area contributed by atoms with Crippen LogP contribution in [0.15, 0.2) is 0 Å². The molecule has 5 heteroatoms. The quantitative estimate of drug-likeness (QED) is 0.373. The number of nitrogens with two attached hydrogens (primary N) is 1. The highest BCUT2D eigenvalue weighted by Crippen LogP contribution is 1.98. The molecule has 11 heavy (non-hydrogen) atoms. The van der Waals surface area contributed by atoms with Crippen molar-refractivity contribution in [1.29, 1.82) is 5.41 Å². The molecule has 0 atom stereocenters. The lowest BCUT2D eigenvalue weighted by Gasteiger charge is -1.99. The van der Waals surface area contributed by atoms with Gasteiger partial charge in [-0.25, -0.2) is 8.42 Å². The summed E-state index contributed by atoms with van der Waals surface area (Å²) in [6.07, 6.45) is 2.43. The van der Waals surface area contributed by atoms with Crippen molar-refractivity contribution in [1.82, 2.24) is 0 Å². The van der Waals surface area contributed by atoms with Crippen LogP contribution in [-0.2, 0) is 9.84 Å². The summed E-state index contributed by atoms with van der Waals surface area (Å²) in [6.45, 7) is 1.99. The number of rotatable bonds is 4. The molecule has 0 unspecified atom stereocenters. The first kappa shape index (κ1) is 10.4. The molecule has 0 aromatic carbocycles. The largest absolute Gasteiger partial charge is 0.375 e. The Kier molecular flexibility index (Phi) is 4.10. The van der Waals surface area contributed by atoms with Crippen molar-refractivity contribution in [3.05, 3.63) is 0 Å². The van der Waals surface area contributed by atoms with Crippen molar-refractivity contribution >= 4 is 15.0 Å². The molecule has 0 fully saturated rings. The fourth-order valence-electron chi connectivity index (χ4n) is 0.652. The van der Waals surface area contributed by atoms with Gasteiger partial charge in [0.2, 0.25) is 15.0 Å². The van der Waals surface area contributed by atoms with Gasteiger partial charge in [-0.2, -0.15) is 0 Å². The standard InChI is InChI=1S/C6H14N2O2S/c1-2-3-4-5-11(9,10)6(7)8/h2-5H2,1H3,(H3,7,8). The molecule has 0 saturated carbocycles. The van der Waals surface area contributed by atoms with Crippen LogP contribution in [0, 0.1) is 5.41 Å². The highest BCUT2D eigenvalue weighted by Gasteiger charge is 2.12. The molecule has 0 aliphatic rings. The normalized spacial score (nSPS) is 11.4. The summed E-state index contributed by atoms with van der Waals surface area (Å²) < 4.78 is 21.7. The molecule has 0 aromatic heterocycles. The van der Waals surface area contributed by atoms with Crippen LogP contribution in [0.25, 0.3) is 0 Å². The Morgan fingerprint density at radius 2 is 2.00 bits per heavy atom. The van der Waals surface area contributed by atoms with Gasteiger partial charge in [-0.15, -0.1) is 0 Å². The smallest absolute Gasteiger partial charge is 0.210 e. The zero-order valence-electron chi connectivity index (χ0n) is 6.63. The lowest BCUT2D eigenvalue weighted by Crippen LogP contribution is -2.25. The summed E-state index contributed by atoms with van der Waals surface area (Å²) in [7, 11) is -3.41. The second kappa shape index (κ2) is 4.33. The minimum absolute atomic E-state index is 0.0101. The SMILES string of the molecule is CCCCCS(=O)(=O)C(=N)N. The van der Waals surface area contributed by atoms with Crippen LogP contribution in [0.3, 0.4) is 0 Å². The monoisotopic (exact) mass is 178 g/mol. The van der Waals surface area contributed by atoms with E-state index in [0.717, 1.165) is 12.8 Å². The molecule has 0 spiro atoms. The van der Waals surface area contributed by atoms with Gasteiger partial charge in [0.25, 0.3) is 0 Å². The minimum atomic E-state index is -3.41. The maximum atomic E-state index is 10.9. The highest BCUT2D eigenvalue weighted by atomic mass is 32.2. The van der Waals surface area contributed by atoms with Crippen LogP contribution in [-0.4, -0.2) is 19.3 Å². The molecular formula is C6H14N2O2S. The van der Waals surface area contributed by atoms with E-state index in [9.17, 15) is 8.42 Å².